The molecule has 180 valence electrons. The summed E-state index contributed by atoms with van der Waals surface area (Å²) in [5, 5.41) is 23.1. The molecule has 9 heteroatoms. The summed E-state index contributed by atoms with van der Waals surface area (Å²) in [6.07, 6.45) is 1.36. The first-order valence-corrected chi connectivity index (χ1v) is 11.3. The number of aromatic nitrogens is 1. The molecule has 0 spiro atoms. The number of nitrogens with one attached hydrogen (secondary N) is 1. The predicted octanol–water partition coefficient (Wildman–Crippen LogP) is 4.81. The lowest BCUT2D eigenvalue weighted by Gasteiger charge is -2.29. The molecule has 8 nitrogen and oxygen atoms in total. The van der Waals surface area contributed by atoms with Gasteiger partial charge in [-0.15, -0.1) is 0 Å². The molecule has 5 rings (SSSR count). The number of amides is 1. The van der Waals surface area contributed by atoms with Crippen LogP contribution in [0.25, 0.3) is 22.4 Å². The van der Waals surface area contributed by atoms with Crippen LogP contribution in [0.5, 0.6) is 5.75 Å². The van der Waals surface area contributed by atoms with Gasteiger partial charge in [-0.05, 0) is 48.0 Å². The number of pyridine rings is 1. The van der Waals surface area contributed by atoms with Crippen molar-refractivity contribution < 1.29 is 23.4 Å². The van der Waals surface area contributed by atoms with Crippen molar-refractivity contribution in [2.75, 3.05) is 36.5 Å². The average Bonchev–Trinajstić information content (AvgIpc) is 3.44. The van der Waals surface area contributed by atoms with E-state index in [1.807, 2.05) is 24.3 Å². The second-order valence-corrected chi connectivity index (χ2v) is 8.13. The van der Waals surface area contributed by atoms with Crippen LogP contribution in [0.2, 0.25) is 0 Å². The maximum atomic E-state index is 13.7. The minimum Gasteiger partial charge on any atom is -0.507 e. The van der Waals surface area contributed by atoms with E-state index >= 15 is 0 Å². The van der Waals surface area contributed by atoms with E-state index < -0.39 is 11.7 Å². The third kappa shape index (κ3) is 4.62. The van der Waals surface area contributed by atoms with Crippen LogP contribution >= 0.6 is 0 Å². The molecule has 2 aromatic heterocycles. The van der Waals surface area contributed by atoms with E-state index in [1.165, 1.54) is 24.5 Å². The van der Waals surface area contributed by atoms with Crippen molar-refractivity contribution in [2.45, 2.75) is 0 Å². The summed E-state index contributed by atoms with van der Waals surface area (Å²) in [6.45, 7) is 2.73. The highest BCUT2D eigenvalue weighted by Crippen LogP contribution is 2.37. The molecule has 36 heavy (non-hydrogen) atoms. The number of carbonyl (C=O) groups excluding carboxylic acids is 1. The summed E-state index contributed by atoms with van der Waals surface area (Å²) >= 11 is 0. The highest BCUT2D eigenvalue weighted by Gasteiger charge is 2.21. The number of aromatic hydroxyl groups is 1. The predicted molar refractivity (Wildman–Crippen MR) is 131 cm³/mol. The number of rotatable bonds is 5. The number of hydrogen-bond acceptors (Lipinski definition) is 7. The molecule has 0 bridgehead atoms. The number of benzene rings is 2. The monoisotopic (exact) mass is 484 g/mol. The van der Waals surface area contributed by atoms with Crippen molar-refractivity contribution in [1.82, 2.24) is 4.98 Å². The zero-order valence-corrected chi connectivity index (χ0v) is 19.1. The quantitative estimate of drug-likeness (QED) is 0.418. The summed E-state index contributed by atoms with van der Waals surface area (Å²) in [5.74, 6) is -1.46. The largest absolute Gasteiger partial charge is 0.507 e. The minimum atomic E-state index is -0.602. The highest BCUT2D eigenvalue weighted by atomic mass is 19.1. The number of anilines is 2. The van der Waals surface area contributed by atoms with E-state index in [9.17, 15) is 19.6 Å². The van der Waals surface area contributed by atoms with Gasteiger partial charge in [0.15, 0.2) is 11.6 Å². The smallest absolute Gasteiger partial charge is 0.292 e. The maximum Gasteiger partial charge on any atom is 0.292 e. The van der Waals surface area contributed by atoms with Crippen LogP contribution in [-0.2, 0) is 4.74 Å². The van der Waals surface area contributed by atoms with Gasteiger partial charge < -0.3 is 24.5 Å². The number of carbonyl (C=O) groups is 1. The Balaban J connectivity index is 1.65. The Hall–Kier alpha value is -4.68. The van der Waals surface area contributed by atoms with Gasteiger partial charge >= 0.3 is 0 Å². The van der Waals surface area contributed by atoms with Crippen LogP contribution < -0.4 is 10.2 Å². The third-order valence-corrected chi connectivity index (χ3v) is 5.88. The van der Waals surface area contributed by atoms with Crippen molar-refractivity contribution >= 4 is 17.4 Å². The molecule has 1 aliphatic rings. The molecule has 4 aromatic rings. The van der Waals surface area contributed by atoms with E-state index in [0.29, 0.717) is 24.3 Å². The number of ether oxygens (including phenoxy) is 1. The zero-order valence-electron chi connectivity index (χ0n) is 19.1. The van der Waals surface area contributed by atoms with Crippen LogP contribution in [0.15, 0.2) is 71.3 Å². The van der Waals surface area contributed by atoms with Crippen molar-refractivity contribution in [3.05, 3.63) is 84.1 Å². The molecule has 2 aromatic carbocycles. The fourth-order valence-corrected chi connectivity index (χ4v) is 4.10. The molecule has 0 atom stereocenters. The number of furan rings is 1. The standard InChI is InChI=1S/C27H21FN4O4/c28-18-6-7-20(24(33)14-18)23-15-21(17-3-1-4-19(13-17)32-8-11-35-12-9-32)22(16-29)26(30-23)31-27(34)25-5-2-10-36-25/h1-7,10,13-15,33H,8-9,11-12H2,(H,30,31,34). The Morgan fingerprint density at radius 1 is 1.08 bits per heavy atom. The molecule has 0 unspecified atom stereocenters. The van der Waals surface area contributed by atoms with E-state index in [-0.39, 0.29) is 34.1 Å². The van der Waals surface area contributed by atoms with Crippen LogP contribution in [0, 0.1) is 17.1 Å². The summed E-state index contributed by atoms with van der Waals surface area (Å²) in [7, 11) is 0. The number of halogens is 1. The SMILES string of the molecule is N#Cc1c(-c2cccc(N3CCOCC3)c2)cc(-c2ccc(F)cc2O)nc1NC(=O)c1ccco1. The Labute approximate surface area is 206 Å². The van der Waals surface area contributed by atoms with E-state index in [0.717, 1.165) is 24.8 Å². The fourth-order valence-electron chi connectivity index (χ4n) is 4.10. The first-order chi connectivity index (χ1) is 17.5. The van der Waals surface area contributed by atoms with Gasteiger partial charge in [-0.1, -0.05) is 12.1 Å². The lowest BCUT2D eigenvalue weighted by molar-refractivity contribution is 0.0996. The van der Waals surface area contributed by atoms with Gasteiger partial charge in [0.2, 0.25) is 0 Å². The first kappa shape index (κ1) is 23.1. The lowest BCUT2D eigenvalue weighted by Crippen LogP contribution is -2.36. The highest BCUT2D eigenvalue weighted by molar-refractivity contribution is 6.03. The molecule has 1 amide bonds. The molecular formula is C27H21FN4O4. The number of phenols is 1. The molecule has 1 aliphatic heterocycles. The number of nitriles is 1. The van der Waals surface area contributed by atoms with Gasteiger partial charge in [0.1, 0.15) is 23.2 Å². The van der Waals surface area contributed by atoms with E-state index in [4.69, 9.17) is 9.15 Å². The maximum absolute atomic E-state index is 13.7. The Kier molecular flexibility index (Phi) is 6.34. The molecule has 0 saturated carbocycles. The van der Waals surface area contributed by atoms with Crippen molar-refractivity contribution in [3.8, 4) is 34.2 Å². The average molecular weight is 484 g/mol. The van der Waals surface area contributed by atoms with Gasteiger partial charge in [-0.2, -0.15) is 5.26 Å². The number of phenolic OH excluding ortho intramolecular Hbond substituents is 1. The zero-order chi connectivity index (χ0) is 25.1. The topological polar surface area (TPSA) is 112 Å². The molecule has 1 saturated heterocycles. The second kappa shape index (κ2) is 9.90. The molecule has 2 N–H and O–H groups in total. The Morgan fingerprint density at radius 2 is 1.92 bits per heavy atom. The van der Waals surface area contributed by atoms with Gasteiger partial charge in [0.25, 0.3) is 5.91 Å². The molecule has 0 radical (unpaired) electrons. The fraction of sp³-hybridized carbons (Fsp3) is 0.148. The van der Waals surface area contributed by atoms with Gasteiger partial charge in [0, 0.05) is 36.0 Å². The van der Waals surface area contributed by atoms with E-state index in [2.05, 4.69) is 21.3 Å². The normalized spacial score (nSPS) is 13.3. The summed E-state index contributed by atoms with van der Waals surface area (Å²) in [6, 6.07) is 18.1. The van der Waals surface area contributed by atoms with E-state index in [1.54, 1.807) is 12.1 Å². The summed E-state index contributed by atoms with van der Waals surface area (Å²) in [5.41, 5.74) is 2.82. The van der Waals surface area contributed by atoms with Crippen LogP contribution in [-0.4, -0.2) is 42.3 Å². The van der Waals surface area contributed by atoms with Gasteiger partial charge in [-0.3, -0.25) is 4.79 Å². The number of nitrogens with zero attached hydrogens (tertiary/aromatic N) is 3. The van der Waals surface area contributed by atoms with Gasteiger partial charge in [-0.25, -0.2) is 9.37 Å². The third-order valence-electron chi connectivity index (χ3n) is 5.88. The first-order valence-electron chi connectivity index (χ1n) is 11.3. The second-order valence-electron chi connectivity index (χ2n) is 8.13. The van der Waals surface area contributed by atoms with Crippen LogP contribution in [0.4, 0.5) is 15.9 Å². The molecule has 3 heterocycles. The Bertz CT molecular complexity index is 1460. The van der Waals surface area contributed by atoms with Crippen molar-refractivity contribution in [1.29, 1.82) is 5.26 Å². The van der Waals surface area contributed by atoms with Crippen molar-refractivity contribution in [3.63, 3.8) is 0 Å². The van der Waals surface area contributed by atoms with Gasteiger partial charge in [0.05, 0.1) is 25.2 Å². The Morgan fingerprint density at radius 3 is 2.64 bits per heavy atom. The summed E-state index contributed by atoms with van der Waals surface area (Å²) in [4.78, 5) is 19.4. The minimum absolute atomic E-state index is 0.00750. The van der Waals surface area contributed by atoms with Crippen molar-refractivity contribution in [2.24, 2.45) is 0 Å². The van der Waals surface area contributed by atoms with Crippen LogP contribution in [0.3, 0.4) is 0 Å². The lowest BCUT2D eigenvalue weighted by atomic mass is 9.97. The molecule has 0 aliphatic carbocycles. The summed E-state index contributed by atoms with van der Waals surface area (Å²) < 4.78 is 24.3. The van der Waals surface area contributed by atoms with Crippen LogP contribution in [0.1, 0.15) is 16.1 Å². The molecular weight excluding hydrogens is 463 g/mol. The number of morpholine rings is 1. The molecule has 1 fully saturated rings. The number of hydrogen-bond donors (Lipinski definition) is 2.